The van der Waals surface area contributed by atoms with Crippen LogP contribution in [-0.2, 0) is 24.4 Å². The Bertz CT molecular complexity index is 630. The van der Waals surface area contributed by atoms with Gasteiger partial charge in [-0.3, -0.25) is 9.89 Å². The number of amides is 1. The molecule has 1 heterocycles. The van der Waals surface area contributed by atoms with Crippen LogP contribution in [0.5, 0.6) is 0 Å². The number of aliphatic hydroxyl groups excluding tert-OH is 1. The molecule has 0 fully saturated rings. The Morgan fingerprint density at radius 3 is 2.59 bits per heavy atom. The van der Waals surface area contributed by atoms with Crippen LogP contribution in [0.3, 0.4) is 0 Å². The smallest absolute Gasteiger partial charge is 0.223 e. The molecule has 0 bridgehead atoms. The Hall–Kier alpha value is -2.14. The lowest BCUT2D eigenvalue weighted by atomic mass is 9.98. The zero-order valence-electron chi connectivity index (χ0n) is 13.3. The Balaban J connectivity index is 1.94. The van der Waals surface area contributed by atoms with E-state index in [9.17, 15) is 9.90 Å². The minimum Gasteiger partial charge on any atom is -0.392 e. The van der Waals surface area contributed by atoms with Gasteiger partial charge in [0.15, 0.2) is 0 Å². The maximum Gasteiger partial charge on any atom is 0.223 e. The van der Waals surface area contributed by atoms with Crippen LogP contribution in [0, 0.1) is 19.8 Å². The van der Waals surface area contributed by atoms with Crippen LogP contribution in [0.4, 0.5) is 0 Å². The molecule has 0 spiro atoms. The number of aliphatic hydroxyl groups is 1. The Morgan fingerprint density at radius 2 is 2.00 bits per heavy atom. The Labute approximate surface area is 130 Å². The van der Waals surface area contributed by atoms with E-state index < -0.39 is 0 Å². The van der Waals surface area contributed by atoms with Gasteiger partial charge in [0, 0.05) is 18.2 Å². The molecule has 0 aliphatic rings. The Morgan fingerprint density at radius 1 is 1.32 bits per heavy atom. The minimum absolute atomic E-state index is 0.00717. The van der Waals surface area contributed by atoms with Crippen LogP contribution < -0.4 is 5.32 Å². The van der Waals surface area contributed by atoms with Crippen molar-refractivity contribution >= 4 is 5.91 Å². The summed E-state index contributed by atoms with van der Waals surface area (Å²) in [5, 5.41) is 19.4. The van der Waals surface area contributed by atoms with E-state index in [1.807, 2.05) is 45.0 Å². The maximum atomic E-state index is 12.3. The highest BCUT2D eigenvalue weighted by Crippen LogP contribution is 2.15. The summed E-state index contributed by atoms with van der Waals surface area (Å²) in [6, 6.07) is 7.57. The fourth-order valence-electron chi connectivity index (χ4n) is 2.51. The monoisotopic (exact) mass is 301 g/mol. The third-order valence-electron chi connectivity index (χ3n) is 3.98. The quantitative estimate of drug-likeness (QED) is 0.764. The van der Waals surface area contributed by atoms with Crippen molar-refractivity contribution in [3.8, 4) is 0 Å². The number of rotatable bonds is 6. The zero-order valence-corrected chi connectivity index (χ0v) is 13.3. The fourth-order valence-corrected chi connectivity index (χ4v) is 2.51. The summed E-state index contributed by atoms with van der Waals surface area (Å²) in [7, 11) is 0. The van der Waals surface area contributed by atoms with E-state index in [2.05, 4.69) is 15.5 Å². The van der Waals surface area contributed by atoms with Gasteiger partial charge in [-0.05, 0) is 37.0 Å². The lowest BCUT2D eigenvalue weighted by Crippen LogP contribution is -2.30. The Kier molecular flexibility index (Phi) is 5.33. The average Bonchev–Trinajstić information content (AvgIpc) is 2.84. The maximum absolute atomic E-state index is 12.3. The number of carbonyl (C=O) groups excluding carboxylic acids is 1. The fraction of sp³-hybridized carbons (Fsp3) is 0.412. The van der Waals surface area contributed by atoms with Gasteiger partial charge in [0.25, 0.3) is 0 Å². The average molecular weight is 301 g/mol. The lowest BCUT2D eigenvalue weighted by molar-refractivity contribution is -0.124. The van der Waals surface area contributed by atoms with E-state index in [1.165, 1.54) is 0 Å². The molecule has 1 aromatic heterocycles. The second kappa shape index (κ2) is 7.22. The molecule has 5 nitrogen and oxygen atoms in total. The van der Waals surface area contributed by atoms with E-state index in [0.717, 1.165) is 28.1 Å². The third-order valence-corrected chi connectivity index (χ3v) is 3.98. The molecule has 1 aromatic carbocycles. The number of benzene rings is 1. The molecule has 118 valence electrons. The van der Waals surface area contributed by atoms with Gasteiger partial charge in [-0.1, -0.05) is 31.2 Å². The van der Waals surface area contributed by atoms with Crippen molar-refractivity contribution in [1.82, 2.24) is 15.5 Å². The molecule has 22 heavy (non-hydrogen) atoms. The van der Waals surface area contributed by atoms with Crippen LogP contribution in [-0.4, -0.2) is 21.2 Å². The summed E-state index contributed by atoms with van der Waals surface area (Å²) >= 11 is 0. The van der Waals surface area contributed by atoms with Crippen molar-refractivity contribution in [2.75, 3.05) is 0 Å². The molecule has 0 aliphatic heterocycles. The second-order valence-electron chi connectivity index (χ2n) is 5.66. The zero-order chi connectivity index (χ0) is 16.1. The molecule has 1 unspecified atom stereocenters. The van der Waals surface area contributed by atoms with Crippen molar-refractivity contribution in [3.05, 3.63) is 52.3 Å². The van der Waals surface area contributed by atoms with Crippen molar-refractivity contribution in [3.63, 3.8) is 0 Å². The molecule has 0 saturated carbocycles. The summed E-state index contributed by atoms with van der Waals surface area (Å²) in [5.74, 6) is -0.121. The number of nitrogens with one attached hydrogen (secondary N) is 2. The molecular weight excluding hydrogens is 278 g/mol. The highest BCUT2D eigenvalue weighted by molar-refractivity contribution is 5.78. The summed E-state index contributed by atoms with van der Waals surface area (Å²) in [4.78, 5) is 12.3. The number of aromatic nitrogens is 2. The van der Waals surface area contributed by atoms with Crippen LogP contribution in [0.25, 0.3) is 0 Å². The van der Waals surface area contributed by atoms with Gasteiger partial charge in [0.1, 0.15) is 0 Å². The first kappa shape index (κ1) is 16.2. The van der Waals surface area contributed by atoms with E-state index in [1.54, 1.807) is 0 Å². The van der Waals surface area contributed by atoms with Crippen molar-refractivity contribution in [2.45, 2.75) is 40.3 Å². The minimum atomic E-state index is -0.128. The summed E-state index contributed by atoms with van der Waals surface area (Å²) in [6.45, 7) is 6.25. The number of H-pyrrole nitrogens is 1. The molecule has 0 radical (unpaired) electrons. The van der Waals surface area contributed by atoms with Crippen LogP contribution in [0.15, 0.2) is 24.3 Å². The highest BCUT2D eigenvalue weighted by atomic mass is 16.3. The largest absolute Gasteiger partial charge is 0.392 e. The molecule has 0 saturated heterocycles. The SMILES string of the molecule is Cc1n[nH]c(C)c1CC(C)C(=O)NCc1ccccc1CO. The molecule has 1 amide bonds. The number of hydrogen-bond donors (Lipinski definition) is 3. The molecule has 2 aromatic rings. The molecule has 0 aliphatic carbocycles. The third kappa shape index (κ3) is 3.74. The van der Waals surface area contributed by atoms with E-state index in [0.29, 0.717) is 13.0 Å². The first-order valence-corrected chi connectivity index (χ1v) is 7.48. The molecule has 2 rings (SSSR count). The van der Waals surface area contributed by atoms with E-state index >= 15 is 0 Å². The van der Waals surface area contributed by atoms with Gasteiger partial charge in [-0.25, -0.2) is 0 Å². The van der Waals surface area contributed by atoms with Gasteiger partial charge in [0.05, 0.1) is 12.3 Å². The first-order valence-electron chi connectivity index (χ1n) is 7.48. The summed E-state index contributed by atoms with van der Waals surface area (Å²) < 4.78 is 0. The standard InChI is InChI=1S/C17H23N3O2/c1-11(8-16-12(2)19-20-13(16)3)17(22)18-9-14-6-4-5-7-15(14)10-21/h4-7,11,21H,8-10H2,1-3H3,(H,18,22)(H,19,20). The lowest BCUT2D eigenvalue weighted by Gasteiger charge is -2.14. The predicted molar refractivity (Wildman–Crippen MR) is 85.1 cm³/mol. The highest BCUT2D eigenvalue weighted by Gasteiger charge is 2.17. The predicted octanol–water partition coefficient (Wildman–Crippen LogP) is 2.01. The summed E-state index contributed by atoms with van der Waals surface area (Å²) in [6.07, 6.45) is 0.668. The molecule has 5 heteroatoms. The van der Waals surface area contributed by atoms with Crippen molar-refractivity contribution in [2.24, 2.45) is 5.92 Å². The van der Waals surface area contributed by atoms with Crippen LogP contribution in [0.1, 0.15) is 35.0 Å². The second-order valence-corrected chi connectivity index (χ2v) is 5.66. The van der Waals surface area contributed by atoms with E-state index in [4.69, 9.17) is 0 Å². The molecular formula is C17H23N3O2. The van der Waals surface area contributed by atoms with Crippen molar-refractivity contribution in [1.29, 1.82) is 0 Å². The van der Waals surface area contributed by atoms with Gasteiger partial charge in [0.2, 0.25) is 5.91 Å². The molecule has 3 N–H and O–H groups in total. The van der Waals surface area contributed by atoms with Crippen molar-refractivity contribution < 1.29 is 9.90 Å². The number of aromatic amines is 1. The van der Waals surface area contributed by atoms with Crippen LogP contribution >= 0.6 is 0 Å². The normalized spacial score (nSPS) is 12.2. The number of aryl methyl sites for hydroxylation is 2. The first-order chi connectivity index (χ1) is 10.5. The molecule has 1 atom stereocenters. The topological polar surface area (TPSA) is 78.0 Å². The van der Waals surface area contributed by atoms with Gasteiger partial charge in [-0.2, -0.15) is 5.10 Å². The van der Waals surface area contributed by atoms with Gasteiger partial charge >= 0.3 is 0 Å². The number of hydrogen-bond acceptors (Lipinski definition) is 3. The van der Waals surface area contributed by atoms with Gasteiger partial charge < -0.3 is 10.4 Å². The van der Waals surface area contributed by atoms with E-state index in [-0.39, 0.29) is 18.4 Å². The number of nitrogens with zero attached hydrogens (tertiary/aromatic N) is 1. The van der Waals surface area contributed by atoms with Crippen LogP contribution in [0.2, 0.25) is 0 Å². The van der Waals surface area contributed by atoms with Gasteiger partial charge in [-0.15, -0.1) is 0 Å². The number of carbonyl (C=O) groups is 1. The summed E-state index contributed by atoms with van der Waals surface area (Å²) in [5.41, 5.74) is 4.86.